The molecule has 8 nitrogen and oxygen atoms in total. The first-order valence-electron chi connectivity index (χ1n) is 9.68. The van der Waals surface area contributed by atoms with Crippen LogP contribution in [-0.4, -0.2) is 40.6 Å². The molecule has 0 fully saturated rings. The second-order valence-electron chi connectivity index (χ2n) is 6.88. The van der Waals surface area contributed by atoms with Crippen LogP contribution in [0.5, 0.6) is 17.2 Å². The van der Waals surface area contributed by atoms with Gasteiger partial charge >= 0.3 is 0 Å². The summed E-state index contributed by atoms with van der Waals surface area (Å²) >= 11 is 1.30. The number of hydrogen-bond acceptors (Lipinski definition) is 7. The van der Waals surface area contributed by atoms with Gasteiger partial charge in [-0.2, -0.15) is 0 Å². The Balaban J connectivity index is 1.59. The van der Waals surface area contributed by atoms with Gasteiger partial charge in [0.1, 0.15) is 17.2 Å². The zero-order chi connectivity index (χ0) is 22.4. The van der Waals surface area contributed by atoms with Crippen molar-refractivity contribution in [2.24, 2.45) is 7.05 Å². The second-order valence-corrected chi connectivity index (χ2v) is 7.82. The molecule has 0 aliphatic rings. The minimum atomic E-state index is -0.285. The summed E-state index contributed by atoms with van der Waals surface area (Å²) in [7, 11) is 4.97. The van der Waals surface area contributed by atoms with Crippen LogP contribution < -0.4 is 19.5 Å². The Hall–Kier alpha value is -3.20. The highest BCUT2D eigenvalue weighted by Crippen LogP contribution is 2.29. The Labute approximate surface area is 185 Å². The number of methoxy groups -OCH3 is 2. The third kappa shape index (κ3) is 5.69. The average molecular weight is 443 g/mol. The first-order chi connectivity index (χ1) is 14.9. The molecule has 1 atom stereocenters. The molecule has 9 heteroatoms. The average Bonchev–Trinajstić information content (AvgIpc) is 3.14. The van der Waals surface area contributed by atoms with Gasteiger partial charge in [-0.15, -0.1) is 10.2 Å². The van der Waals surface area contributed by atoms with E-state index in [-0.39, 0.29) is 17.8 Å². The monoisotopic (exact) mass is 442 g/mol. The summed E-state index contributed by atoms with van der Waals surface area (Å²) in [5, 5.41) is 11.9. The Morgan fingerprint density at radius 2 is 1.81 bits per heavy atom. The van der Waals surface area contributed by atoms with E-state index in [2.05, 4.69) is 15.5 Å². The van der Waals surface area contributed by atoms with Crippen LogP contribution in [0.15, 0.2) is 47.6 Å². The predicted octanol–water partition coefficient (Wildman–Crippen LogP) is 4.01. The normalized spacial score (nSPS) is 11.6. The summed E-state index contributed by atoms with van der Waals surface area (Å²) in [6.07, 6.45) is -0.285. The lowest BCUT2D eigenvalue weighted by molar-refractivity contribution is -0.113. The summed E-state index contributed by atoms with van der Waals surface area (Å²) < 4.78 is 18.3. The van der Waals surface area contributed by atoms with Crippen molar-refractivity contribution in [3.05, 3.63) is 53.9 Å². The molecule has 0 spiro atoms. The molecule has 3 aromatic rings. The van der Waals surface area contributed by atoms with E-state index < -0.39 is 0 Å². The van der Waals surface area contributed by atoms with Gasteiger partial charge in [0.05, 0.1) is 25.7 Å². The van der Waals surface area contributed by atoms with E-state index in [9.17, 15) is 4.79 Å². The highest BCUT2D eigenvalue weighted by Gasteiger charge is 2.18. The van der Waals surface area contributed by atoms with E-state index in [1.807, 2.05) is 49.7 Å². The number of anilines is 1. The second kappa shape index (κ2) is 10.2. The molecule has 164 valence electrons. The van der Waals surface area contributed by atoms with Gasteiger partial charge in [0.2, 0.25) is 5.91 Å². The smallest absolute Gasteiger partial charge is 0.234 e. The van der Waals surface area contributed by atoms with Gasteiger partial charge in [-0.05, 0) is 38.1 Å². The number of aromatic nitrogens is 3. The molecule has 0 bridgehead atoms. The number of carbonyl (C=O) groups is 1. The fraction of sp³-hybridized carbons (Fsp3) is 0.318. The van der Waals surface area contributed by atoms with Gasteiger partial charge in [0.15, 0.2) is 17.1 Å². The van der Waals surface area contributed by atoms with Crippen LogP contribution in [0.2, 0.25) is 0 Å². The number of amides is 1. The molecule has 2 aromatic carbocycles. The van der Waals surface area contributed by atoms with Crippen molar-refractivity contribution >= 4 is 23.4 Å². The quantitative estimate of drug-likeness (QED) is 0.501. The maximum absolute atomic E-state index is 12.4. The summed E-state index contributed by atoms with van der Waals surface area (Å²) in [5.41, 5.74) is 1.75. The maximum atomic E-state index is 12.4. The lowest BCUT2D eigenvalue weighted by Crippen LogP contribution is -2.15. The van der Waals surface area contributed by atoms with Crippen molar-refractivity contribution in [3.8, 4) is 17.2 Å². The first kappa shape index (κ1) is 22.5. The molecule has 1 amide bonds. The topological polar surface area (TPSA) is 87.5 Å². The molecule has 1 N–H and O–H groups in total. The van der Waals surface area contributed by atoms with Gasteiger partial charge in [-0.25, -0.2) is 0 Å². The molecule has 3 rings (SSSR count). The molecule has 0 radical (unpaired) electrons. The van der Waals surface area contributed by atoms with Crippen molar-refractivity contribution in [1.82, 2.24) is 14.8 Å². The number of rotatable bonds is 9. The van der Waals surface area contributed by atoms with Crippen molar-refractivity contribution in [1.29, 1.82) is 0 Å². The van der Waals surface area contributed by atoms with Crippen molar-refractivity contribution in [2.75, 3.05) is 25.3 Å². The largest absolute Gasteiger partial charge is 0.497 e. The Morgan fingerprint density at radius 1 is 1.10 bits per heavy atom. The number of thioether (sulfide) groups is 1. The van der Waals surface area contributed by atoms with Gasteiger partial charge in [-0.3, -0.25) is 4.79 Å². The fourth-order valence-electron chi connectivity index (χ4n) is 2.90. The number of benzene rings is 2. The molecular formula is C22H26N4O4S. The van der Waals surface area contributed by atoms with Crippen LogP contribution in [-0.2, 0) is 11.8 Å². The summed E-state index contributed by atoms with van der Waals surface area (Å²) in [5.74, 6) is 2.62. The van der Waals surface area contributed by atoms with Gasteiger partial charge in [0, 0.05) is 13.1 Å². The molecule has 1 heterocycles. The lowest BCUT2D eigenvalue weighted by Gasteiger charge is -2.14. The van der Waals surface area contributed by atoms with Crippen molar-refractivity contribution in [3.63, 3.8) is 0 Å². The Kier molecular flexibility index (Phi) is 7.41. The Bertz CT molecular complexity index is 1040. The highest BCUT2D eigenvalue weighted by atomic mass is 32.2. The van der Waals surface area contributed by atoms with Gasteiger partial charge in [0.25, 0.3) is 0 Å². The minimum absolute atomic E-state index is 0.175. The number of ether oxygens (including phenoxy) is 3. The Morgan fingerprint density at radius 3 is 2.48 bits per heavy atom. The van der Waals surface area contributed by atoms with Crippen LogP contribution in [0.25, 0.3) is 0 Å². The predicted molar refractivity (Wildman–Crippen MR) is 120 cm³/mol. The summed E-state index contributed by atoms with van der Waals surface area (Å²) in [6.45, 7) is 3.95. The van der Waals surface area contributed by atoms with Crippen molar-refractivity contribution in [2.45, 2.75) is 25.1 Å². The van der Waals surface area contributed by atoms with E-state index in [4.69, 9.17) is 14.2 Å². The van der Waals surface area contributed by atoms with Crippen LogP contribution in [0.3, 0.4) is 0 Å². The molecule has 1 unspecified atom stereocenters. The van der Waals surface area contributed by atoms with Gasteiger partial charge < -0.3 is 24.1 Å². The minimum Gasteiger partial charge on any atom is -0.497 e. The van der Waals surface area contributed by atoms with E-state index in [1.54, 1.807) is 32.4 Å². The molecule has 0 aliphatic carbocycles. The van der Waals surface area contributed by atoms with Crippen LogP contribution in [0.1, 0.15) is 24.4 Å². The maximum Gasteiger partial charge on any atom is 0.234 e. The fourth-order valence-corrected chi connectivity index (χ4v) is 3.62. The molecule has 0 saturated heterocycles. The standard InChI is InChI=1S/C22H26N4O4S/c1-14-6-8-16(9-7-14)30-15(2)21-24-25-22(26(21)3)31-13-20(27)23-18-11-10-17(28-4)12-19(18)29-5/h6-12,15H,13H2,1-5H3,(H,23,27). The number of aryl methyl sites for hydroxylation is 1. The number of nitrogens with zero attached hydrogens (tertiary/aromatic N) is 3. The number of nitrogens with one attached hydrogen (secondary N) is 1. The summed E-state index contributed by atoms with van der Waals surface area (Å²) in [6, 6.07) is 13.1. The van der Waals surface area contributed by atoms with E-state index >= 15 is 0 Å². The molecule has 0 aliphatic heterocycles. The van der Waals surface area contributed by atoms with Crippen molar-refractivity contribution < 1.29 is 19.0 Å². The summed E-state index contributed by atoms with van der Waals surface area (Å²) in [4.78, 5) is 12.4. The zero-order valence-electron chi connectivity index (χ0n) is 18.2. The molecule has 31 heavy (non-hydrogen) atoms. The first-order valence-corrected chi connectivity index (χ1v) is 10.7. The number of carbonyl (C=O) groups excluding carboxylic acids is 1. The molecule has 0 saturated carbocycles. The SMILES string of the molecule is COc1ccc(NC(=O)CSc2nnc(C(C)Oc3ccc(C)cc3)n2C)c(OC)c1. The van der Waals surface area contributed by atoms with Crippen LogP contribution in [0, 0.1) is 6.92 Å². The molecule has 1 aromatic heterocycles. The lowest BCUT2D eigenvalue weighted by atomic mass is 10.2. The van der Waals surface area contributed by atoms with Crippen LogP contribution >= 0.6 is 11.8 Å². The highest BCUT2D eigenvalue weighted by molar-refractivity contribution is 7.99. The van der Waals surface area contributed by atoms with E-state index in [0.29, 0.717) is 28.2 Å². The molecular weight excluding hydrogens is 416 g/mol. The zero-order valence-corrected chi connectivity index (χ0v) is 19.0. The van der Waals surface area contributed by atoms with Gasteiger partial charge in [-0.1, -0.05) is 29.5 Å². The van der Waals surface area contributed by atoms with Crippen LogP contribution in [0.4, 0.5) is 5.69 Å². The van der Waals surface area contributed by atoms with E-state index in [0.717, 1.165) is 5.75 Å². The third-order valence-corrected chi connectivity index (χ3v) is 5.60. The van der Waals surface area contributed by atoms with E-state index in [1.165, 1.54) is 17.3 Å². The third-order valence-electron chi connectivity index (χ3n) is 4.58. The number of hydrogen-bond donors (Lipinski definition) is 1.